The van der Waals surface area contributed by atoms with Crippen molar-refractivity contribution in [3.05, 3.63) is 51.5 Å². The van der Waals surface area contributed by atoms with Crippen molar-refractivity contribution in [1.29, 1.82) is 0 Å². The second kappa shape index (κ2) is 5.33. The number of thiophene rings is 1. The Morgan fingerprint density at radius 3 is 2.76 bits per heavy atom. The van der Waals surface area contributed by atoms with E-state index in [1.165, 1.54) is 16.2 Å². The molecule has 1 aromatic carbocycles. The predicted molar refractivity (Wildman–Crippen MR) is 85.8 cm³/mol. The molecule has 1 amide bonds. The van der Waals surface area contributed by atoms with Gasteiger partial charge in [-0.3, -0.25) is 4.79 Å². The van der Waals surface area contributed by atoms with E-state index >= 15 is 0 Å². The van der Waals surface area contributed by atoms with Gasteiger partial charge in [0.15, 0.2) is 0 Å². The molecule has 3 rings (SSSR count). The van der Waals surface area contributed by atoms with Crippen LogP contribution in [-0.2, 0) is 0 Å². The standard InChI is InChI=1S/C16H17N3OS/c1-9-8-14(21-11(9)3)16(20)17-10(2)15-18-12-6-4-5-7-13(12)19-15/h4-8,10H,1-3H3,(H,17,20)(H,18,19). The van der Waals surface area contributed by atoms with Crippen LogP contribution in [0.2, 0.25) is 0 Å². The van der Waals surface area contributed by atoms with Crippen molar-refractivity contribution in [1.82, 2.24) is 15.3 Å². The van der Waals surface area contributed by atoms with Crippen molar-refractivity contribution < 1.29 is 4.79 Å². The molecule has 2 aromatic heterocycles. The normalized spacial score (nSPS) is 12.5. The Hall–Kier alpha value is -2.14. The van der Waals surface area contributed by atoms with Gasteiger partial charge < -0.3 is 10.3 Å². The first-order valence-electron chi connectivity index (χ1n) is 6.87. The summed E-state index contributed by atoms with van der Waals surface area (Å²) in [5.41, 5.74) is 3.05. The van der Waals surface area contributed by atoms with Crippen LogP contribution in [0.5, 0.6) is 0 Å². The largest absolute Gasteiger partial charge is 0.342 e. The molecule has 1 unspecified atom stereocenters. The molecular formula is C16H17N3OS. The highest BCUT2D eigenvalue weighted by Crippen LogP contribution is 2.22. The Balaban J connectivity index is 1.79. The molecular weight excluding hydrogens is 282 g/mol. The summed E-state index contributed by atoms with van der Waals surface area (Å²) in [6.45, 7) is 5.98. The number of imidazole rings is 1. The highest BCUT2D eigenvalue weighted by molar-refractivity contribution is 7.14. The third-order valence-corrected chi connectivity index (χ3v) is 4.71. The van der Waals surface area contributed by atoms with Gasteiger partial charge in [0.25, 0.3) is 5.91 Å². The zero-order chi connectivity index (χ0) is 15.0. The molecule has 0 saturated heterocycles. The third kappa shape index (κ3) is 2.69. The monoisotopic (exact) mass is 299 g/mol. The van der Waals surface area contributed by atoms with E-state index in [0.717, 1.165) is 27.3 Å². The number of aryl methyl sites for hydroxylation is 2. The SMILES string of the molecule is Cc1cc(C(=O)NC(C)c2nc3ccccc3[nH]2)sc1C. The molecule has 3 aromatic rings. The summed E-state index contributed by atoms with van der Waals surface area (Å²) in [5, 5.41) is 2.99. The molecule has 0 aliphatic heterocycles. The van der Waals surface area contributed by atoms with Gasteiger partial charge in [-0.25, -0.2) is 4.98 Å². The minimum atomic E-state index is -0.160. The zero-order valence-corrected chi connectivity index (χ0v) is 13.0. The number of para-hydroxylation sites is 2. The van der Waals surface area contributed by atoms with E-state index in [1.807, 2.05) is 51.1 Å². The van der Waals surface area contributed by atoms with E-state index in [4.69, 9.17) is 0 Å². The molecule has 1 atom stereocenters. The lowest BCUT2D eigenvalue weighted by Gasteiger charge is -2.10. The lowest BCUT2D eigenvalue weighted by Crippen LogP contribution is -2.26. The summed E-state index contributed by atoms with van der Waals surface area (Å²) in [4.78, 5) is 21.9. The first-order chi connectivity index (χ1) is 10.0. The molecule has 4 nitrogen and oxygen atoms in total. The number of nitrogens with one attached hydrogen (secondary N) is 2. The summed E-state index contributed by atoms with van der Waals surface area (Å²) < 4.78 is 0. The molecule has 5 heteroatoms. The Kier molecular flexibility index (Phi) is 3.51. The fourth-order valence-electron chi connectivity index (χ4n) is 2.20. The van der Waals surface area contributed by atoms with Crippen LogP contribution >= 0.6 is 11.3 Å². The van der Waals surface area contributed by atoms with Crippen molar-refractivity contribution in [3.63, 3.8) is 0 Å². The number of aromatic amines is 1. The molecule has 2 heterocycles. The van der Waals surface area contributed by atoms with Crippen LogP contribution in [0.3, 0.4) is 0 Å². The van der Waals surface area contributed by atoms with E-state index in [9.17, 15) is 4.79 Å². The average molecular weight is 299 g/mol. The summed E-state index contributed by atoms with van der Waals surface area (Å²) in [6, 6.07) is 9.62. The van der Waals surface area contributed by atoms with Gasteiger partial charge in [0.2, 0.25) is 0 Å². The maximum absolute atomic E-state index is 12.3. The fourth-order valence-corrected chi connectivity index (χ4v) is 3.14. The summed E-state index contributed by atoms with van der Waals surface area (Å²) in [6.07, 6.45) is 0. The number of fused-ring (bicyclic) bond motifs is 1. The maximum Gasteiger partial charge on any atom is 0.261 e. The van der Waals surface area contributed by atoms with Crippen molar-refractivity contribution in [2.75, 3.05) is 0 Å². The maximum atomic E-state index is 12.3. The molecule has 0 aliphatic carbocycles. The first-order valence-corrected chi connectivity index (χ1v) is 7.69. The van der Waals surface area contributed by atoms with E-state index in [2.05, 4.69) is 15.3 Å². The lowest BCUT2D eigenvalue weighted by atomic mass is 10.2. The average Bonchev–Trinajstić information content (AvgIpc) is 3.03. The highest BCUT2D eigenvalue weighted by Gasteiger charge is 2.16. The van der Waals surface area contributed by atoms with Gasteiger partial charge >= 0.3 is 0 Å². The minimum absolute atomic E-state index is 0.0517. The Morgan fingerprint density at radius 2 is 2.10 bits per heavy atom. The minimum Gasteiger partial charge on any atom is -0.342 e. The Bertz CT molecular complexity index is 750. The number of amides is 1. The van der Waals surface area contributed by atoms with Gasteiger partial charge in [0, 0.05) is 4.88 Å². The van der Waals surface area contributed by atoms with Crippen LogP contribution in [0.25, 0.3) is 11.0 Å². The Labute approximate surface area is 127 Å². The third-order valence-electron chi connectivity index (χ3n) is 3.56. The first kappa shape index (κ1) is 13.8. The Morgan fingerprint density at radius 1 is 1.33 bits per heavy atom. The second-order valence-corrected chi connectivity index (χ2v) is 6.44. The van der Waals surface area contributed by atoms with Gasteiger partial charge in [-0.2, -0.15) is 0 Å². The van der Waals surface area contributed by atoms with Gasteiger partial charge in [-0.05, 0) is 44.5 Å². The fraction of sp³-hybridized carbons (Fsp3) is 0.250. The van der Waals surface area contributed by atoms with Crippen molar-refractivity contribution in [3.8, 4) is 0 Å². The predicted octanol–water partition coefficient (Wildman–Crippen LogP) is 3.73. The quantitative estimate of drug-likeness (QED) is 0.774. The highest BCUT2D eigenvalue weighted by atomic mass is 32.1. The number of nitrogens with zero attached hydrogens (tertiary/aromatic N) is 1. The molecule has 0 fully saturated rings. The summed E-state index contributed by atoms with van der Waals surface area (Å²) in [7, 11) is 0. The van der Waals surface area contributed by atoms with Crippen molar-refractivity contribution >= 4 is 28.3 Å². The van der Waals surface area contributed by atoms with Crippen LogP contribution in [0, 0.1) is 13.8 Å². The van der Waals surface area contributed by atoms with Crippen LogP contribution in [0.1, 0.15) is 38.9 Å². The van der Waals surface area contributed by atoms with Crippen molar-refractivity contribution in [2.45, 2.75) is 26.8 Å². The second-order valence-electron chi connectivity index (χ2n) is 5.18. The number of carbonyl (C=O) groups excluding carboxylic acids is 1. The van der Waals surface area contributed by atoms with Gasteiger partial charge in [0.1, 0.15) is 5.82 Å². The van der Waals surface area contributed by atoms with Crippen LogP contribution in [0.4, 0.5) is 0 Å². The summed E-state index contributed by atoms with van der Waals surface area (Å²) in [5.74, 6) is 0.721. The van der Waals surface area contributed by atoms with Gasteiger partial charge in [-0.1, -0.05) is 12.1 Å². The summed E-state index contributed by atoms with van der Waals surface area (Å²) >= 11 is 1.52. The van der Waals surface area contributed by atoms with Crippen LogP contribution in [-0.4, -0.2) is 15.9 Å². The smallest absolute Gasteiger partial charge is 0.261 e. The number of benzene rings is 1. The van der Waals surface area contributed by atoms with Gasteiger partial charge in [-0.15, -0.1) is 11.3 Å². The van der Waals surface area contributed by atoms with E-state index in [1.54, 1.807) is 0 Å². The van der Waals surface area contributed by atoms with Crippen LogP contribution < -0.4 is 5.32 Å². The molecule has 2 N–H and O–H groups in total. The van der Waals surface area contributed by atoms with E-state index < -0.39 is 0 Å². The lowest BCUT2D eigenvalue weighted by molar-refractivity contribution is 0.0942. The number of rotatable bonds is 3. The molecule has 21 heavy (non-hydrogen) atoms. The molecule has 0 radical (unpaired) electrons. The molecule has 0 saturated carbocycles. The topological polar surface area (TPSA) is 57.8 Å². The van der Waals surface area contributed by atoms with E-state index in [-0.39, 0.29) is 11.9 Å². The molecule has 0 bridgehead atoms. The van der Waals surface area contributed by atoms with E-state index in [0.29, 0.717) is 0 Å². The number of aromatic nitrogens is 2. The number of hydrogen-bond donors (Lipinski definition) is 2. The number of H-pyrrole nitrogens is 1. The molecule has 0 aliphatic rings. The zero-order valence-electron chi connectivity index (χ0n) is 12.2. The molecule has 0 spiro atoms. The number of hydrogen-bond acceptors (Lipinski definition) is 3. The van der Waals surface area contributed by atoms with Crippen molar-refractivity contribution in [2.24, 2.45) is 0 Å². The molecule has 108 valence electrons. The van der Waals surface area contributed by atoms with Crippen LogP contribution in [0.15, 0.2) is 30.3 Å². The number of carbonyl (C=O) groups is 1. The van der Waals surface area contributed by atoms with Gasteiger partial charge in [0.05, 0.1) is 22.0 Å².